The Bertz CT molecular complexity index is 911. The van der Waals surface area contributed by atoms with Gasteiger partial charge in [0.25, 0.3) is 0 Å². The second-order valence-corrected chi connectivity index (χ2v) is 12.1. The third-order valence-electron chi connectivity index (χ3n) is 7.80. The summed E-state index contributed by atoms with van der Waals surface area (Å²) in [5, 5.41) is 0. The van der Waals surface area contributed by atoms with Gasteiger partial charge in [0.2, 0.25) is 0 Å². The Morgan fingerprint density at radius 2 is 1.38 bits per heavy atom. The van der Waals surface area contributed by atoms with E-state index in [4.69, 9.17) is 9.47 Å². The zero-order valence-electron chi connectivity index (χ0n) is 26.2. The smallest absolute Gasteiger partial charge is 0.305 e. The van der Waals surface area contributed by atoms with Crippen molar-refractivity contribution in [3.8, 4) is 5.75 Å². The summed E-state index contributed by atoms with van der Waals surface area (Å²) in [6, 6.07) is 19.0. The van der Waals surface area contributed by atoms with E-state index < -0.39 is 0 Å². The van der Waals surface area contributed by atoms with Crippen molar-refractivity contribution < 1.29 is 18.8 Å². The van der Waals surface area contributed by atoms with Crippen molar-refractivity contribution in [2.24, 2.45) is 0 Å². The first-order valence-corrected chi connectivity index (χ1v) is 16.2. The van der Waals surface area contributed by atoms with Crippen LogP contribution >= 0.6 is 0 Å². The highest BCUT2D eigenvalue weighted by molar-refractivity contribution is 5.69. The maximum Gasteiger partial charge on any atom is 0.305 e. The molecule has 0 saturated carbocycles. The number of rotatable bonds is 23. The molecule has 0 fully saturated rings. The van der Waals surface area contributed by atoms with Crippen molar-refractivity contribution in [2.75, 3.05) is 27.2 Å². The largest absolute Gasteiger partial charge is 0.487 e. The van der Waals surface area contributed by atoms with Crippen molar-refractivity contribution in [1.82, 2.24) is 0 Å². The number of para-hydroxylation sites is 1. The first-order chi connectivity index (χ1) is 19.4. The Kier molecular flexibility index (Phi) is 17.4. The molecule has 0 spiro atoms. The molecule has 2 rings (SSSR count). The van der Waals surface area contributed by atoms with Crippen molar-refractivity contribution in [3.63, 3.8) is 0 Å². The Morgan fingerprint density at radius 3 is 2.05 bits per heavy atom. The first-order valence-electron chi connectivity index (χ1n) is 16.2. The molecule has 0 bridgehead atoms. The number of nitrogens with zero attached hydrogens (tertiary/aromatic N) is 1. The summed E-state index contributed by atoms with van der Waals surface area (Å²) in [4.78, 5) is 12.4. The molecule has 0 aliphatic carbocycles. The number of ether oxygens (including phenoxy) is 2. The van der Waals surface area contributed by atoms with Gasteiger partial charge in [-0.1, -0.05) is 120 Å². The molecular weight excluding hydrogens is 494 g/mol. The van der Waals surface area contributed by atoms with Crippen LogP contribution < -0.4 is 4.74 Å². The minimum Gasteiger partial charge on any atom is -0.487 e. The SMILES string of the molecule is CCCCCCCCCCCCc1ccccc1OC(CC)COC(=O)CCCC[N+](C)(C)Cc1ccccc1. The molecule has 0 N–H and O–H groups in total. The van der Waals surface area contributed by atoms with E-state index in [9.17, 15) is 4.79 Å². The molecule has 224 valence electrons. The van der Waals surface area contributed by atoms with Crippen LogP contribution in [0.1, 0.15) is 115 Å². The number of carbonyl (C=O) groups excluding carboxylic acids is 1. The number of esters is 1. The highest BCUT2D eigenvalue weighted by Gasteiger charge is 2.17. The number of aryl methyl sites for hydroxylation is 1. The van der Waals surface area contributed by atoms with Gasteiger partial charge in [-0.05, 0) is 43.7 Å². The lowest BCUT2D eigenvalue weighted by Gasteiger charge is -2.30. The molecule has 0 aliphatic rings. The third kappa shape index (κ3) is 15.5. The van der Waals surface area contributed by atoms with Gasteiger partial charge in [-0.15, -0.1) is 0 Å². The molecule has 1 unspecified atom stereocenters. The van der Waals surface area contributed by atoms with Crippen LogP contribution in [0.5, 0.6) is 5.75 Å². The molecule has 4 nitrogen and oxygen atoms in total. The molecule has 2 aromatic carbocycles. The number of unbranched alkanes of at least 4 members (excludes halogenated alkanes) is 10. The number of hydrogen-bond acceptors (Lipinski definition) is 3. The van der Waals surface area contributed by atoms with E-state index in [2.05, 4.69) is 76.5 Å². The van der Waals surface area contributed by atoms with Crippen LogP contribution in [0.4, 0.5) is 0 Å². The first kappa shape index (κ1) is 33.9. The average Bonchev–Trinajstić information content (AvgIpc) is 2.95. The molecule has 0 heterocycles. The predicted octanol–water partition coefficient (Wildman–Crippen LogP) is 9.30. The summed E-state index contributed by atoms with van der Waals surface area (Å²) < 4.78 is 12.9. The van der Waals surface area contributed by atoms with Gasteiger partial charge in [0.15, 0.2) is 0 Å². The number of hydrogen-bond donors (Lipinski definition) is 0. The van der Waals surface area contributed by atoms with Crippen LogP contribution in [0.15, 0.2) is 54.6 Å². The van der Waals surface area contributed by atoms with E-state index in [1.165, 1.54) is 75.3 Å². The minimum atomic E-state index is -0.117. The predicted molar refractivity (Wildman–Crippen MR) is 169 cm³/mol. The molecule has 40 heavy (non-hydrogen) atoms. The second kappa shape index (κ2) is 20.5. The summed E-state index contributed by atoms with van der Waals surface area (Å²) in [6.45, 7) is 6.73. The van der Waals surface area contributed by atoms with Gasteiger partial charge in [-0.3, -0.25) is 4.79 Å². The number of benzene rings is 2. The molecule has 0 amide bonds. The maximum absolute atomic E-state index is 12.4. The summed E-state index contributed by atoms with van der Waals surface area (Å²) in [6.07, 6.45) is 17.5. The fourth-order valence-corrected chi connectivity index (χ4v) is 5.27. The Balaban J connectivity index is 1.62. The van der Waals surface area contributed by atoms with Gasteiger partial charge in [-0.25, -0.2) is 0 Å². The number of carbonyl (C=O) groups is 1. The van der Waals surface area contributed by atoms with Gasteiger partial charge in [0.1, 0.15) is 25.0 Å². The monoisotopic (exact) mass is 552 g/mol. The highest BCUT2D eigenvalue weighted by atomic mass is 16.6. The average molecular weight is 553 g/mol. The summed E-state index contributed by atoms with van der Waals surface area (Å²) in [5.41, 5.74) is 2.62. The topological polar surface area (TPSA) is 35.5 Å². The molecule has 4 heteroatoms. The Labute approximate surface area is 246 Å². The quantitative estimate of drug-likeness (QED) is 0.0783. The van der Waals surface area contributed by atoms with E-state index in [0.717, 1.165) is 49.0 Å². The zero-order valence-corrected chi connectivity index (χ0v) is 26.2. The molecule has 0 aromatic heterocycles. The van der Waals surface area contributed by atoms with Crippen LogP contribution in [-0.4, -0.2) is 43.8 Å². The lowest BCUT2D eigenvalue weighted by molar-refractivity contribution is -0.903. The van der Waals surface area contributed by atoms with Crippen LogP contribution in [0, 0.1) is 0 Å². The Hall–Kier alpha value is -2.33. The molecule has 2 aromatic rings. The van der Waals surface area contributed by atoms with Crippen LogP contribution in [-0.2, 0) is 22.5 Å². The normalized spacial score (nSPS) is 12.3. The summed E-state index contributed by atoms with van der Waals surface area (Å²) in [5.74, 6) is 0.828. The van der Waals surface area contributed by atoms with E-state index >= 15 is 0 Å². The van der Waals surface area contributed by atoms with Gasteiger partial charge >= 0.3 is 5.97 Å². The lowest BCUT2D eigenvalue weighted by Crippen LogP contribution is -2.39. The van der Waals surface area contributed by atoms with Gasteiger partial charge in [-0.2, -0.15) is 0 Å². The van der Waals surface area contributed by atoms with Gasteiger partial charge < -0.3 is 14.0 Å². The molecule has 1 atom stereocenters. The third-order valence-corrected chi connectivity index (χ3v) is 7.80. The van der Waals surface area contributed by atoms with Crippen molar-refractivity contribution in [2.45, 2.75) is 123 Å². The van der Waals surface area contributed by atoms with Crippen molar-refractivity contribution in [3.05, 3.63) is 65.7 Å². The van der Waals surface area contributed by atoms with E-state index in [-0.39, 0.29) is 12.1 Å². The van der Waals surface area contributed by atoms with E-state index in [1.807, 2.05) is 6.07 Å². The maximum atomic E-state index is 12.4. The fourth-order valence-electron chi connectivity index (χ4n) is 5.27. The number of quaternary nitrogens is 1. The zero-order chi connectivity index (χ0) is 28.9. The van der Waals surface area contributed by atoms with E-state index in [0.29, 0.717) is 13.0 Å². The molecule has 0 aliphatic heterocycles. The highest BCUT2D eigenvalue weighted by Crippen LogP contribution is 2.23. The van der Waals surface area contributed by atoms with E-state index in [1.54, 1.807) is 0 Å². The lowest BCUT2D eigenvalue weighted by atomic mass is 10.0. The van der Waals surface area contributed by atoms with Gasteiger partial charge in [0.05, 0.1) is 20.6 Å². The summed E-state index contributed by atoms with van der Waals surface area (Å²) in [7, 11) is 4.51. The van der Waals surface area contributed by atoms with Crippen LogP contribution in [0.3, 0.4) is 0 Å². The molecule has 0 radical (unpaired) electrons. The van der Waals surface area contributed by atoms with Crippen LogP contribution in [0.25, 0.3) is 0 Å². The molecule has 0 saturated heterocycles. The fraction of sp³-hybridized carbons (Fsp3) is 0.639. The summed E-state index contributed by atoms with van der Waals surface area (Å²) >= 11 is 0. The van der Waals surface area contributed by atoms with Crippen molar-refractivity contribution >= 4 is 5.97 Å². The molecular formula is C36H58NO3+. The van der Waals surface area contributed by atoms with Gasteiger partial charge in [0, 0.05) is 12.0 Å². The van der Waals surface area contributed by atoms with Crippen LogP contribution in [0.2, 0.25) is 0 Å². The second-order valence-electron chi connectivity index (χ2n) is 12.1. The standard InChI is InChI=1S/C36H58NO3/c1-5-7-8-9-10-11-12-13-14-18-25-33-26-19-20-27-35(33)40-34(6-2)31-39-36(38)28-21-22-29-37(3,4)30-32-23-16-15-17-24-32/h15-17,19-20,23-24,26-27,34H,5-14,18,21-22,25,28-31H2,1-4H3/q+1. The minimum absolute atomic E-state index is 0.112. The van der Waals surface area contributed by atoms with Crippen molar-refractivity contribution in [1.29, 1.82) is 0 Å². The Morgan fingerprint density at radius 1 is 0.750 bits per heavy atom.